The van der Waals surface area contributed by atoms with Crippen LogP contribution in [0.2, 0.25) is 0 Å². The Bertz CT molecular complexity index is 623. The molecule has 4 nitrogen and oxygen atoms in total. The van der Waals surface area contributed by atoms with Crippen molar-refractivity contribution in [2.24, 2.45) is 0 Å². The van der Waals surface area contributed by atoms with Crippen LogP contribution in [0.5, 0.6) is 0 Å². The minimum atomic E-state index is -3.73. The van der Waals surface area contributed by atoms with E-state index in [1.54, 1.807) is 13.0 Å². The van der Waals surface area contributed by atoms with E-state index < -0.39 is 15.9 Å². The van der Waals surface area contributed by atoms with Crippen LogP contribution in [-0.2, 0) is 16.4 Å². The molecule has 0 aromatic heterocycles. The van der Waals surface area contributed by atoms with Crippen molar-refractivity contribution in [3.05, 3.63) is 28.8 Å². The molecule has 0 unspecified atom stereocenters. The van der Waals surface area contributed by atoms with E-state index in [2.05, 4.69) is 5.92 Å². The summed E-state index contributed by atoms with van der Waals surface area (Å²) in [4.78, 5) is 11.4. The van der Waals surface area contributed by atoms with Crippen molar-refractivity contribution in [2.45, 2.75) is 18.2 Å². The average molecular weight is 235 g/mol. The number of rotatable bonds is 1. The van der Waals surface area contributed by atoms with Crippen LogP contribution in [0.1, 0.15) is 28.4 Å². The number of fused-ring (bicyclic) bond motifs is 1. The molecule has 1 amide bonds. The molecular weight excluding hydrogens is 226 g/mol. The van der Waals surface area contributed by atoms with E-state index in [1.807, 2.05) is 4.72 Å². The number of hydrogen-bond donors (Lipinski definition) is 1. The minimum Gasteiger partial charge on any atom is -0.268 e. The number of carbonyl (C=O) groups excluding carboxylic acids is 1. The fraction of sp³-hybridized carbons (Fsp3) is 0.182. The molecule has 2 rings (SSSR count). The number of amides is 1. The molecule has 0 radical (unpaired) electrons. The summed E-state index contributed by atoms with van der Waals surface area (Å²) >= 11 is 0. The van der Waals surface area contributed by atoms with Crippen molar-refractivity contribution in [1.82, 2.24) is 4.72 Å². The quantitative estimate of drug-likeness (QED) is 0.727. The second kappa shape index (κ2) is 3.35. The van der Waals surface area contributed by atoms with E-state index in [1.165, 1.54) is 6.07 Å². The Hall–Kier alpha value is -1.80. The van der Waals surface area contributed by atoms with E-state index in [0.717, 1.165) is 0 Å². The Balaban J connectivity index is 2.90. The second-order valence-electron chi connectivity index (χ2n) is 3.40. The SMILES string of the molecule is C#Cc1ccc2c(c1CC)S(=O)(=O)NC2=O. The maximum absolute atomic E-state index is 11.7. The van der Waals surface area contributed by atoms with E-state index in [0.29, 0.717) is 17.5 Å². The van der Waals surface area contributed by atoms with Crippen molar-refractivity contribution in [3.8, 4) is 12.3 Å². The number of hydrogen-bond acceptors (Lipinski definition) is 3. The number of carbonyl (C=O) groups is 1. The average Bonchev–Trinajstić information content (AvgIpc) is 2.48. The zero-order valence-corrected chi connectivity index (χ0v) is 9.39. The highest BCUT2D eigenvalue weighted by atomic mass is 32.2. The summed E-state index contributed by atoms with van der Waals surface area (Å²) in [6, 6.07) is 3.04. The molecule has 0 saturated carbocycles. The molecule has 1 aliphatic rings. The maximum atomic E-state index is 11.7. The summed E-state index contributed by atoms with van der Waals surface area (Å²) < 4.78 is 25.4. The Labute approximate surface area is 93.7 Å². The first-order chi connectivity index (χ1) is 7.51. The molecule has 1 aromatic carbocycles. The third-order valence-corrected chi connectivity index (χ3v) is 3.97. The monoisotopic (exact) mass is 235 g/mol. The van der Waals surface area contributed by atoms with Crippen LogP contribution in [0, 0.1) is 12.3 Å². The van der Waals surface area contributed by atoms with Gasteiger partial charge in [-0.25, -0.2) is 13.1 Å². The van der Waals surface area contributed by atoms with Crippen LogP contribution in [0.25, 0.3) is 0 Å². The molecule has 1 N–H and O–H groups in total. The minimum absolute atomic E-state index is 0.0375. The Morgan fingerprint density at radius 3 is 2.69 bits per heavy atom. The number of nitrogens with one attached hydrogen (secondary N) is 1. The lowest BCUT2D eigenvalue weighted by atomic mass is 10.0. The first kappa shape index (κ1) is 10.7. The second-order valence-corrected chi connectivity index (χ2v) is 5.02. The normalized spacial score (nSPS) is 16.4. The molecule has 0 spiro atoms. The van der Waals surface area contributed by atoms with E-state index in [-0.39, 0.29) is 10.5 Å². The predicted molar refractivity (Wildman–Crippen MR) is 58.4 cm³/mol. The third-order valence-electron chi connectivity index (χ3n) is 2.51. The van der Waals surface area contributed by atoms with Gasteiger partial charge in [0.05, 0.1) is 5.56 Å². The van der Waals surface area contributed by atoms with E-state index in [4.69, 9.17) is 6.42 Å². The van der Waals surface area contributed by atoms with Gasteiger partial charge in [-0.05, 0) is 24.1 Å². The molecule has 0 fully saturated rings. The summed E-state index contributed by atoms with van der Waals surface area (Å²) in [5.41, 5.74) is 1.22. The maximum Gasteiger partial charge on any atom is 0.266 e. The van der Waals surface area contributed by atoms with Crippen LogP contribution in [0.15, 0.2) is 17.0 Å². The fourth-order valence-electron chi connectivity index (χ4n) is 1.83. The zero-order chi connectivity index (χ0) is 11.9. The van der Waals surface area contributed by atoms with Gasteiger partial charge in [0.2, 0.25) is 0 Å². The summed E-state index contributed by atoms with van der Waals surface area (Å²) in [5.74, 6) is 1.84. The van der Waals surface area contributed by atoms with Crippen molar-refractivity contribution in [1.29, 1.82) is 0 Å². The van der Waals surface area contributed by atoms with Gasteiger partial charge < -0.3 is 0 Å². The van der Waals surface area contributed by atoms with Crippen LogP contribution in [-0.4, -0.2) is 14.3 Å². The Morgan fingerprint density at radius 2 is 2.12 bits per heavy atom. The molecule has 0 atom stereocenters. The van der Waals surface area contributed by atoms with Gasteiger partial charge in [-0.1, -0.05) is 12.8 Å². The van der Waals surface area contributed by atoms with Gasteiger partial charge in [-0.15, -0.1) is 6.42 Å². The molecule has 1 aliphatic heterocycles. The van der Waals surface area contributed by atoms with Crippen molar-refractivity contribution in [3.63, 3.8) is 0 Å². The molecule has 82 valence electrons. The van der Waals surface area contributed by atoms with Gasteiger partial charge in [-0.3, -0.25) is 4.79 Å². The summed E-state index contributed by atoms with van der Waals surface area (Å²) in [6.45, 7) is 1.80. The van der Waals surface area contributed by atoms with Crippen LogP contribution in [0.4, 0.5) is 0 Å². The van der Waals surface area contributed by atoms with E-state index in [9.17, 15) is 13.2 Å². The van der Waals surface area contributed by atoms with Gasteiger partial charge in [0, 0.05) is 5.56 Å². The molecule has 0 saturated heterocycles. The number of sulfonamides is 1. The first-order valence-corrected chi connectivity index (χ1v) is 6.19. The smallest absolute Gasteiger partial charge is 0.266 e. The lowest BCUT2D eigenvalue weighted by molar-refractivity contribution is 0.0985. The number of benzene rings is 1. The molecule has 0 aliphatic carbocycles. The molecule has 0 bridgehead atoms. The fourth-order valence-corrected chi connectivity index (χ4v) is 3.31. The highest BCUT2D eigenvalue weighted by Gasteiger charge is 2.35. The molecule has 1 heterocycles. The number of terminal acetylenes is 1. The largest absolute Gasteiger partial charge is 0.268 e. The van der Waals surface area contributed by atoms with E-state index >= 15 is 0 Å². The topological polar surface area (TPSA) is 63.2 Å². The Morgan fingerprint density at radius 1 is 1.44 bits per heavy atom. The highest BCUT2D eigenvalue weighted by molar-refractivity contribution is 7.90. The standard InChI is InChI=1S/C11H9NO3S/c1-3-7-5-6-9-10(8(7)4-2)16(14,15)12-11(9)13/h1,5-6H,4H2,2H3,(H,12,13). The Kier molecular flexibility index (Phi) is 2.25. The molecule has 1 aromatic rings. The highest BCUT2D eigenvalue weighted by Crippen LogP contribution is 2.28. The van der Waals surface area contributed by atoms with Crippen molar-refractivity contribution < 1.29 is 13.2 Å². The summed E-state index contributed by atoms with van der Waals surface area (Å²) in [5, 5.41) is 0. The van der Waals surface area contributed by atoms with Crippen LogP contribution in [0.3, 0.4) is 0 Å². The van der Waals surface area contributed by atoms with Gasteiger partial charge >= 0.3 is 0 Å². The van der Waals surface area contributed by atoms with Gasteiger partial charge in [0.15, 0.2) is 0 Å². The predicted octanol–water partition coefficient (Wildman–Crippen LogP) is 0.662. The third kappa shape index (κ3) is 1.31. The molecule has 5 heteroatoms. The van der Waals surface area contributed by atoms with Crippen molar-refractivity contribution >= 4 is 15.9 Å². The van der Waals surface area contributed by atoms with Gasteiger partial charge in [-0.2, -0.15) is 0 Å². The van der Waals surface area contributed by atoms with Gasteiger partial charge in [0.25, 0.3) is 15.9 Å². The zero-order valence-electron chi connectivity index (χ0n) is 8.57. The lowest BCUT2D eigenvalue weighted by Crippen LogP contribution is -2.21. The van der Waals surface area contributed by atoms with Crippen LogP contribution >= 0.6 is 0 Å². The van der Waals surface area contributed by atoms with Gasteiger partial charge in [0.1, 0.15) is 4.90 Å². The molecule has 16 heavy (non-hydrogen) atoms. The van der Waals surface area contributed by atoms with Crippen molar-refractivity contribution in [2.75, 3.05) is 0 Å². The first-order valence-electron chi connectivity index (χ1n) is 4.71. The molecular formula is C11H9NO3S. The van der Waals surface area contributed by atoms with Crippen LogP contribution < -0.4 is 4.72 Å². The summed E-state index contributed by atoms with van der Waals surface area (Å²) in [7, 11) is -3.73. The lowest BCUT2D eigenvalue weighted by Gasteiger charge is -2.06. The summed E-state index contributed by atoms with van der Waals surface area (Å²) in [6.07, 6.45) is 5.76.